The number of benzene rings is 1. The highest BCUT2D eigenvalue weighted by Gasteiger charge is 2.29. The van der Waals surface area contributed by atoms with Crippen molar-refractivity contribution >= 4 is 5.78 Å². The summed E-state index contributed by atoms with van der Waals surface area (Å²) in [6, 6.07) is 8.63. The van der Waals surface area contributed by atoms with Crippen LogP contribution in [0.25, 0.3) is 0 Å². The standard InChI is InChI=1S/C16H21NO/c1-12-6-7-16(18)15(8-12)11-17-9-13-4-2-3-5-14(13)10-17/h2-5,12,15H,6-11H2,1H3. The lowest BCUT2D eigenvalue weighted by Gasteiger charge is -2.29. The number of hydrogen-bond donors (Lipinski definition) is 0. The smallest absolute Gasteiger partial charge is 0.137 e. The molecule has 1 aliphatic heterocycles. The van der Waals surface area contributed by atoms with Gasteiger partial charge in [0.1, 0.15) is 5.78 Å². The van der Waals surface area contributed by atoms with Gasteiger partial charge in [0.15, 0.2) is 0 Å². The largest absolute Gasteiger partial charge is 0.299 e. The van der Waals surface area contributed by atoms with Gasteiger partial charge in [0, 0.05) is 32.0 Å². The molecule has 2 heteroatoms. The van der Waals surface area contributed by atoms with Crippen LogP contribution in [0.2, 0.25) is 0 Å². The third-order valence-electron chi connectivity index (χ3n) is 4.41. The molecule has 0 aromatic heterocycles. The zero-order chi connectivity index (χ0) is 12.5. The van der Waals surface area contributed by atoms with E-state index in [1.807, 2.05) is 0 Å². The Morgan fingerprint density at radius 3 is 2.56 bits per heavy atom. The summed E-state index contributed by atoms with van der Waals surface area (Å²) in [5.41, 5.74) is 2.88. The van der Waals surface area contributed by atoms with Gasteiger partial charge < -0.3 is 0 Å². The Morgan fingerprint density at radius 1 is 1.22 bits per heavy atom. The lowest BCUT2D eigenvalue weighted by atomic mass is 9.81. The van der Waals surface area contributed by atoms with Crippen molar-refractivity contribution in [1.29, 1.82) is 0 Å². The minimum absolute atomic E-state index is 0.281. The molecule has 2 aliphatic rings. The molecule has 2 nitrogen and oxygen atoms in total. The fourth-order valence-corrected chi connectivity index (χ4v) is 3.35. The zero-order valence-electron chi connectivity index (χ0n) is 11.1. The number of nitrogens with zero attached hydrogens (tertiary/aromatic N) is 1. The fraction of sp³-hybridized carbons (Fsp3) is 0.562. The number of rotatable bonds is 2. The Hall–Kier alpha value is -1.15. The second-order valence-corrected chi connectivity index (χ2v) is 5.98. The summed E-state index contributed by atoms with van der Waals surface area (Å²) in [5.74, 6) is 1.49. The number of carbonyl (C=O) groups is 1. The summed E-state index contributed by atoms with van der Waals surface area (Å²) in [7, 11) is 0. The van der Waals surface area contributed by atoms with Gasteiger partial charge in [0.25, 0.3) is 0 Å². The second-order valence-electron chi connectivity index (χ2n) is 5.98. The van der Waals surface area contributed by atoms with Crippen molar-refractivity contribution in [1.82, 2.24) is 4.90 Å². The molecular formula is C16H21NO. The van der Waals surface area contributed by atoms with E-state index in [2.05, 4.69) is 36.1 Å². The molecular weight excluding hydrogens is 222 g/mol. The molecule has 2 unspecified atom stereocenters. The van der Waals surface area contributed by atoms with Crippen LogP contribution in [-0.4, -0.2) is 17.2 Å². The molecule has 1 fully saturated rings. The normalized spacial score (nSPS) is 28.4. The summed E-state index contributed by atoms with van der Waals surface area (Å²) >= 11 is 0. The summed E-state index contributed by atoms with van der Waals surface area (Å²) in [6.07, 6.45) is 2.98. The van der Waals surface area contributed by atoms with E-state index in [1.54, 1.807) is 0 Å². The molecule has 1 aliphatic carbocycles. The lowest BCUT2D eigenvalue weighted by Crippen LogP contribution is -2.33. The van der Waals surface area contributed by atoms with E-state index in [-0.39, 0.29) is 5.92 Å². The maximum absolute atomic E-state index is 12.0. The van der Waals surface area contributed by atoms with Crippen LogP contribution in [0.1, 0.15) is 37.3 Å². The highest BCUT2D eigenvalue weighted by atomic mass is 16.1. The van der Waals surface area contributed by atoms with E-state index in [9.17, 15) is 4.79 Å². The first-order valence-electron chi connectivity index (χ1n) is 7.04. The molecule has 1 saturated carbocycles. The quantitative estimate of drug-likeness (QED) is 0.796. The van der Waals surface area contributed by atoms with Gasteiger partial charge in [-0.05, 0) is 29.9 Å². The van der Waals surface area contributed by atoms with Crippen LogP contribution in [0.5, 0.6) is 0 Å². The maximum Gasteiger partial charge on any atom is 0.137 e. The average Bonchev–Trinajstić information content (AvgIpc) is 2.76. The van der Waals surface area contributed by atoms with Gasteiger partial charge >= 0.3 is 0 Å². The first-order chi connectivity index (χ1) is 8.72. The number of Topliss-reactive ketones (excluding diaryl/α,β-unsaturated/α-hetero) is 1. The monoisotopic (exact) mass is 243 g/mol. The zero-order valence-corrected chi connectivity index (χ0v) is 11.1. The van der Waals surface area contributed by atoms with Crippen LogP contribution >= 0.6 is 0 Å². The first kappa shape index (κ1) is 11.9. The number of fused-ring (bicyclic) bond motifs is 1. The summed E-state index contributed by atoms with van der Waals surface area (Å²) in [4.78, 5) is 14.4. The molecule has 3 rings (SSSR count). The maximum atomic E-state index is 12.0. The molecule has 0 spiro atoms. The van der Waals surface area contributed by atoms with E-state index >= 15 is 0 Å². The van der Waals surface area contributed by atoms with Crippen LogP contribution in [0, 0.1) is 11.8 Å². The van der Waals surface area contributed by atoms with Crippen LogP contribution in [0.15, 0.2) is 24.3 Å². The molecule has 0 radical (unpaired) electrons. The molecule has 1 aromatic carbocycles. The molecule has 2 atom stereocenters. The number of hydrogen-bond acceptors (Lipinski definition) is 2. The molecule has 0 bridgehead atoms. The summed E-state index contributed by atoms with van der Waals surface area (Å²) in [6.45, 7) is 5.28. The SMILES string of the molecule is CC1CCC(=O)C(CN2Cc3ccccc3C2)C1. The molecule has 1 aromatic rings. The van der Waals surface area contributed by atoms with E-state index in [0.717, 1.165) is 44.8 Å². The summed E-state index contributed by atoms with van der Waals surface area (Å²) < 4.78 is 0. The van der Waals surface area contributed by atoms with Crippen molar-refractivity contribution < 1.29 is 4.79 Å². The van der Waals surface area contributed by atoms with Gasteiger partial charge in [0.05, 0.1) is 0 Å². The van der Waals surface area contributed by atoms with Crippen LogP contribution < -0.4 is 0 Å². The van der Waals surface area contributed by atoms with Gasteiger partial charge in [-0.15, -0.1) is 0 Å². The predicted octanol–water partition coefficient (Wildman–Crippen LogP) is 3.01. The molecule has 0 N–H and O–H groups in total. The predicted molar refractivity (Wildman–Crippen MR) is 72.1 cm³/mol. The topological polar surface area (TPSA) is 20.3 Å². The Kier molecular flexibility index (Phi) is 3.21. The molecule has 1 heterocycles. The number of ketones is 1. The molecule has 0 saturated heterocycles. The lowest BCUT2D eigenvalue weighted by molar-refractivity contribution is -0.126. The van der Waals surface area contributed by atoms with E-state index in [4.69, 9.17) is 0 Å². The minimum Gasteiger partial charge on any atom is -0.299 e. The van der Waals surface area contributed by atoms with Crippen LogP contribution in [-0.2, 0) is 17.9 Å². The van der Waals surface area contributed by atoms with Gasteiger partial charge in [-0.3, -0.25) is 9.69 Å². The van der Waals surface area contributed by atoms with Gasteiger partial charge in [0.2, 0.25) is 0 Å². The van der Waals surface area contributed by atoms with Crippen molar-refractivity contribution in [3.05, 3.63) is 35.4 Å². The van der Waals surface area contributed by atoms with Gasteiger partial charge in [-0.2, -0.15) is 0 Å². The van der Waals surface area contributed by atoms with Gasteiger partial charge in [-0.1, -0.05) is 31.2 Å². The first-order valence-corrected chi connectivity index (χ1v) is 7.04. The second kappa shape index (κ2) is 4.85. The van der Waals surface area contributed by atoms with Crippen molar-refractivity contribution in [2.75, 3.05) is 6.54 Å². The highest BCUT2D eigenvalue weighted by molar-refractivity contribution is 5.81. The summed E-state index contributed by atoms with van der Waals surface area (Å²) in [5, 5.41) is 0. The van der Waals surface area contributed by atoms with Crippen molar-refractivity contribution in [2.24, 2.45) is 11.8 Å². The number of carbonyl (C=O) groups excluding carboxylic acids is 1. The van der Waals surface area contributed by atoms with Crippen LogP contribution in [0.4, 0.5) is 0 Å². The van der Waals surface area contributed by atoms with Gasteiger partial charge in [-0.25, -0.2) is 0 Å². The van der Waals surface area contributed by atoms with Crippen LogP contribution in [0.3, 0.4) is 0 Å². The highest BCUT2D eigenvalue weighted by Crippen LogP contribution is 2.29. The Labute approximate surface area is 109 Å². The third-order valence-corrected chi connectivity index (χ3v) is 4.41. The fourth-order valence-electron chi connectivity index (χ4n) is 3.35. The minimum atomic E-state index is 0.281. The average molecular weight is 243 g/mol. The Balaban J connectivity index is 1.63. The third kappa shape index (κ3) is 2.35. The Morgan fingerprint density at radius 2 is 1.89 bits per heavy atom. The molecule has 96 valence electrons. The Bertz CT molecular complexity index is 429. The van der Waals surface area contributed by atoms with E-state index in [0.29, 0.717) is 5.78 Å². The van der Waals surface area contributed by atoms with Crippen molar-refractivity contribution in [3.63, 3.8) is 0 Å². The molecule has 0 amide bonds. The van der Waals surface area contributed by atoms with E-state index < -0.39 is 0 Å². The molecule has 18 heavy (non-hydrogen) atoms. The van der Waals surface area contributed by atoms with E-state index in [1.165, 1.54) is 11.1 Å². The van der Waals surface area contributed by atoms with Crippen molar-refractivity contribution in [3.8, 4) is 0 Å². The van der Waals surface area contributed by atoms with Crippen molar-refractivity contribution in [2.45, 2.75) is 39.3 Å².